The zero-order chi connectivity index (χ0) is 49.9. The van der Waals surface area contributed by atoms with Crippen molar-refractivity contribution in [2.24, 2.45) is 0 Å². The van der Waals surface area contributed by atoms with Gasteiger partial charge in [0.25, 0.3) is 0 Å². The van der Waals surface area contributed by atoms with Crippen molar-refractivity contribution in [3.8, 4) is 0 Å². The third-order valence-electron chi connectivity index (χ3n) is 10.2. The zero-order valence-electron chi connectivity index (χ0n) is 43.3. The molecule has 0 bridgehead atoms. The molecule has 2 unspecified atom stereocenters. The van der Waals surface area contributed by atoms with Crippen molar-refractivity contribution in [2.75, 3.05) is 47.5 Å². The van der Waals surface area contributed by atoms with Crippen molar-refractivity contribution in [1.82, 2.24) is 0 Å². The second-order valence-corrected chi connectivity index (χ2v) is 19.2. The molecule has 0 heterocycles. The third-order valence-corrected chi connectivity index (χ3v) is 11.2. The Morgan fingerprint density at radius 3 is 1.19 bits per heavy atom. The molecule has 0 fully saturated rings. The van der Waals surface area contributed by atoms with E-state index in [1.54, 1.807) is 0 Å². The van der Waals surface area contributed by atoms with Crippen molar-refractivity contribution in [1.29, 1.82) is 0 Å². The quantitative estimate of drug-likeness (QED) is 0.0211. The van der Waals surface area contributed by atoms with Crippen LogP contribution in [0.15, 0.2) is 134 Å². The van der Waals surface area contributed by atoms with Gasteiger partial charge in [0.05, 0.1) is 27.7 Å². The van der Waals surface area contributed by atoms with E-state index in [9.17, 15) is 19.0 Å². The topological polar surface area (TPSA) is 108 Å². The van der Waals surface area contributed by atoms with Crippen LogP contribution in [-0.4, -0.2) is 74.9 Å². The van der Waals surface area contributed by atoms with Gasteiger partial charge in [-0.05, 0) is 109 Å². The highest BCUT2D eigenvalue weighted by Gasteiger charge is 2.27. The lowest BCUT2D eigenvalue weighted by molar-refractivity contribution is -0.870. The summed E-state index contributed by atoms with van der Waals surface area (Å²) in [6, 6.07) is 0. The highest BCUT2D eigenvalue weighted by atomic mass is 31.2. The van der Waals surface area contributed by atoms with Crippen molar-refractivity contribution >= 4 is 19.8 Å². The molecule has 0 saturated heterocycles. The molecule has 0 spiro atoms. The van der Waals surface area contributed by atoms with Crippen LogP contribution in [-0.2, 0) is 32.7 Å². The van der Waals surface area contributed by atoms with Gasteiger partial charge in [-0.25, -0.2) is 4.57 Å². The number of rotatable bonds is 45. The molecule has 0 aromatic rings. The average molecular weight is 965 g/mol. The molecule has 0 radical (unpaired) electrons. The first-order chi connectivity index (χ1) is 33.0. The summed E-state index contributed by atoms with van der Waals surface area (Å²) in [6.45, 7) is 4.11. The fourth-order valence-corrected chi connectivity index (χ4v) is 6.96. The standard InChI is InChI=1S/C58H94NO8P/c1-6-8-10-12-14-16-18-20-21-22-23-24-25-26-27-28-29-30-31-32-33-34-35-36-37-39-41-43-45-47-49-51-58(61)67-56(55-66-68(62,63)65-53-52-59(3,4)5)54-64-57(60)50-48-46-44-42-40-38-19-17-15-13-11-9-7-2/h8-11,14-17,20-21,23-24,26-27,29-30,32-33,35-36,38,40,56H,6-7,12-13,18-19,22,25,28,31,34,37,39,41-55H2,1-5H3/p+1/b10-8-,11-9-,16-14-,17-15-,21-20-,24-23-,27-26-,30-29-,33-32-,36-35-,40-38-. The van der Waals surface area contributed by atoms with Crippen LogP contribution in [0.1, 0.15) is 168 Å². The molecular weight excluding hydrogens is 870 g/mol. The lowest BCUT2D eigenvalue weighted by Crippen LogP contribution is -2.37. The van der Waals surface area contributed by atoms with Gasteiger partial charge in [-0.1, -0.05) is 180 Å². The Kier molecular flexibility index (Phi) is 45.5. The van der Waals surface area contributed by atoms with Crippen LogP contribution in [0.25, 0.3) is 0 Å². The summed E-state index contributed by atoms with van der Waals surface area (Å²) in [6.07, 6.45) is 69.5. The molecule has 0 amide bonds. The highest BCUT2D eigenvalue weighted by molar-refractivity contribution is 7.47. The van der Waals surface area contributed by atoms with Crippen LogP contribution < -0.4 is 0 Å². The minimum atomic E-state index is -4.40. The van der Waals surface area contributed by atoms with Gasteiger partial charge in [0.15, 0.2) is 6.10 Å². The first-order valence-electron chi connectivity index (χ1n) is 25.9. The molecule has 0 aromatic carbocycles. The van der Waals surface area contributed by atoms with Crippen molar-refractivity contribution < 1.29 is 42.1 Å². The first-order valence-corrected chi connectivity index (χ1v) is 27.4. The summed E-state index contributed by atoms with van der Waals surface area (Å²) in [4.78, 5) is 35.5. The molecule has 9 nitrogen and oxygen atoms in total. The summed E-state index contributed by atoms with van der Waals surface area (Å²) >= 11 is 0. The zero-order valence-corrected chi connectivity index (χ0v) is 44.2. The maximum absolute atomic E-state index is 12.8. The van der Waals surface area contributed by atoms with Gasteiger partial charge in [-0.2, -0.15) is 0 Å². The predicted octanol–water partition coefficient (Wildman–Crippen LogP) is 15.8. The molecule has 68 heavy (non-hydrogen) atoms. The minimum Gasteiger partial charge on any atom is -0.462 e. The number of allylic oxidation sites excluding steroid dienone is 22. The number of carbonyl (C=O) groups excluding carboxylic acids is 2. The SMILES string of the molecule is CC/C=C\C/C=C\C/C=C\C/C=C\C/C=C\C/C=C\C/C=C\C/C=C\CCCCCCCCC(=O)OC(COC(=O)CCCCC/C=C\C/C=C\C/C=C\CC)COP(=O)(O)OCC[N+](C)(C)C. The van der Waals surface area contributed by atoms with Gasteiger partial charge in [0, 0.05) is 12.8 Å². The second kappa shape index (κ2) is 48.2. The van der Waals surface area contributed by atoms with E-state index in [0.717, 1.165) is 128 Å². The Labute approximate surface area is 415 Å². The van der Waals surface area contributed by atoms with Gasteiger partial charge in [-0.15, -0.1) is 0 Å². The third kappa shape index (κ3) is 51.5. The minimum absolute atomic E-state index is 0.0155. The Morgan fingerprint density at radius 2 is 0.794 bits per heavy atom. The number of hydrogen-bond acceptors (Lipinski definition) is 7. The Morgan fingerprint density at radius 1 is 0.456 bits per heavy atom. The number of esters is 2. The molecule has 1 N–H and O–H groups in total. The number of ether oxygens (including phenoxy) is 2. The number of likely N-dealkylation sites (N-methyl/N-ethyl adjacent to an activating group) is 1. The van der Waals surface area contributed by atoms with Gasteiger partial charge in [0.1, 0.15) is 19.8 Å². The van der Waals surface area contributed by atoms with Crippen LogP contribution in [0.4, 0.5) is 0 Å². The van der Waals surface area contributed by atoms with E-state index < -0.39 is 32.5 Å². The van der Waals surface area contributed by atoms with Gasteiger partial charge in [0.2, 0.25) is 0 Å². The summed E-state index contributed by atoms with van der Waals surface area (Å²) in [5.41, 5.74) is 0. The number of carbonyl (C=O) groups is 2. The summed E-state index contributed by atoms with van der Waals surface area (Å²) in [5.74, 6) is -0.864. The lowest BCUT2D eigenvalue weighted by atomic mass is 10.1. The number of hydrogen-bond donors (Lipinski definition) is 1. The molecule has 0 aromatic heterocycles. The summed E-state index contributed by atoms with van der Waals surface area (Å²) < 4.78 is 34.3. The number of quaternary nitrogens is 1. The number of unbranched alkanes of at least 4 members (excludes halogenated alkanes) is 9. The van der Waals surface area contributed by atoms with Crippen LogP contribution in [0, 0.1) is 0 Å². The van der Waals surface area contributed by atoms with Crippen molar-refractivity contribution in [3.63, 3.8) is 0 Å². The van der Waals surface area contributed by atoms with E-state index in [-0.39, 0.29) is 26.1 Å². The van der Waals surface area contributed by atoms with E-state index in [4.69, 9.17) is 18.5 Å². The molecule has 0 aliphatic rings. The smallest absolute Gasteiger partial charge is 0.462 e. The van der Waals surface area contributed by atoms with Crippen molar-refractivity contribution in [2.45, 2.75) is 174 Å². The molecule has 0 saturated carbocycles. The van der Waals surface area contributed by atoms with Crippen LogP contribution in [0.3, 0.4) is 0 Å². The van der Waals surface area contributed by atoms with Gasteiger partial charge >= 0.3 is 19.8 Å². The summed E-state index contributed by atoms with van der Waals surface area (Å²) in [7, 11) is 1.42. The van der Waals surface area contributed by atoms with E-state index in [0.29, 0.717) is 23.9 Å². The van der Waals surface area contributed by atoms with Crippen LogP contribution in [0.2, 0.25) is 0 Å². The monoisotopic (exact) mass is 965 g/mol. The van der Waals surface area contributed by atoms with Gasteiger partial charge < -0.3 is 18.9 Å². The number of phosphoric ester groups is 1. The molecule has 10 heteroatoms. The Bertz CT molecular complexity index is 1610. The molecule has 0 aliphatic heterocycles. The lowest BCUT2D eigenvalue weighted by Gasteiger charge is -2.24. The molecular formula is C58H95NO8P+. The fourth-order valence-electron chi connectivity index (χ4n) is 6.22. The maximum Gasteiger partial charge on any atom is 0.472 e. The van der Waals surface area contributed by atoms with E-state index in [1.165, 1.54) is 0 Å². The Hall–Kier alpha value is -3.85. The summed E-state index contributed by atoms with van der Waals surface area (Å²) in [5, 5.41) is 0. The van der Waals surface area contributed by atoms with E-state index >= 15 is 0 Å². The largest absolute Gasteiger partial charge is 0.472 e. The average Bonchev–Trinajstić information content (AvgIpc) is 3.30. The predicted molar refractivity (Wildman–Crippen MR) is 288 cm³/mol. The Balaban J connectivity index is 4.28. The van der Waals surface area contributed by atoms with E-state index in [2.05, 4.69) is 148 Å². The normalized spacial score (nSPS) is 14.5. The first kappa shape index (κ1) is 64.2. The van der Waals surface area contributed by atoms with Crippen LogP contribution >= 0.6 is 7.82 Å². The van der Waals surface area contributed by atoms with Crippen LogP contribution in [0.5, 0.6) is 0 Å². The number of phosphoric acid groups is 1. The maximum atomic E-state index is 12.8. The number of nitrogens with zero attached hydrogens (tertiary/aromatic N) is 1. The molecule has 0 rings (SSSR count). The van der Waals surface area contributed by atoms with E-state index in [1.807, 2.05) is 21.1 Å². The van der Waals surface area contributed by atoms with Crippen molar-refractivity contribution in [3.05, 3.63) is 134 Å². The fraction of sp³-hybridized carbons (Fsp3) is 0.586. The highest BCUT2D eigenvalue weighted by Crippen LogP contribution is 2.43. The molecule has 2 atom stereocenters. The van der Waals surface area contributed by atoms with Gasteiger partial charge in [-0.3, -0.25) is 18.6 Å². The molecule has 0 aliphatic carbocycles. The second-order valence-electron chi connectivity index (χ2n) is 17.8. The molecule has 384 valence electrons.